The van der Waals surface area contributed by atoms with Gasteiger partial charge in [0.15, 0.2) is 5.76 Å². The first kappa shape index (κ1) is 14.3. The molecule has 1 heterocycles. The molecule has 0 aliphatic heterocycles. The van der Waals surface area contributed by atoms with Crippen molar-refractivity contribution in [3.63, 3.8) is 0 Å². The monoisotopic (exact) mass is 348 g/mol. The first-order valence-corrected chi connectivity index (χ1v) is 7.81. The van der Waals surface area contributed by atoms with E-state index in [0.29, 0.717) is 5.76 Å². The first-order chi connectivity index (χ1) is 10.0. The second-order valence-corrected chi connectivity index (χ2v) is 6.58. The Bertz CT molecular complexity index is 659. The van der Waals surface area contributed by atoms with E-state index >= 15 is 0 Å². The molecule has 1 atom stereocenters. The number of nitrogens with zero attached hydrogens (tertiary/aromatic N) is 1. The lowest BCUT2D eigenvalue weighted by atomic mass is 10.0. The van der Waals surface area contributed by atoms with Crippen LogP contribution in [0.15, 0.2) is 39.3 Å². The predicted molar refractivity (Wildman–Crippen MR) is 82.9 cm³/mol. The number of halogens is 1. The highest BCUT2D eigenvalue weighted by Gasteiger charge is 2.54. The average Bonchev–Trinajstić information content (AvgIpc) is 3.16. The Morgan fingerprint density at radius 3 is 2.57 bits per heavy atom. The van der Waals surface area contributed by atoms with Gasteiger partial charge in [-0.15, -0.1) is 0 Å². The summed E-state index contributed by atoms with van der Waals surface area (Å²) in [6.45, 7) is 3.86. The molecule has 1 aromatic carbocycles. The van der Waals surface area contributed by atoms with Gasteiger partial charge in [0, 0.05) is 10.5 Å². The molecule has 5 heteroatoms. The van der Waals surface area contributed by atoms with Crippen LogP contribution in [0, 0.1) is 6.92 Å². The lowest BCUT2D eigenvalue weighted by molar-refractivity contribution is -0.124. The highest BCUT2D eigenvalue weighted by Crippen LogP contribution is 2.48. The van der Waals surface area contributed by atoms with E-state index in [1.165, 1.54) is 0 Å². The summed E-state index contributed by atoms with van der Waals surface area (Å²) >= 11 is 3.41. The Labute approximate surface area is 132 Å². The predicted octanol–water partition coefficient (Wildman–Crippen LogP) is 3.65. The van der Waals surface area contributed by atoms with Crippen LogP contribution in [0.5, 0.6) is 0 Å². The molecule has 4 nitrogen and oxygen atoms in total. The van der Waals surface area contributed by atoms with Gasteiger partial charge >= 0.3 is 0 Å². The Morgan fingerprint density at radius 1 is 1.38 bits per heavy atom. The van der Waals surface area contributed by atoms with Gasteiger partial charge in [0.1, 0.15) is 5.41 Å². The minimum absolute atomic E-state index is 0.0223. The fraction of sp³-hybridized carbons (Fsp3) is 0.375. The molecular formula is C16H17BrN2O2. The topological polar surface area (TPSA) is 55.1 Å². The number of rotatable bonds is 4. The zero-order valence-corrected chi connectivity index (χ0v) is 13.6. The second kappa shape index (κ2) is 5.30. The summed E-state index contributed by atoms with van der Waals surface area (Å²) < 4.78 is 6.33. The van der Waals surface area contributed by atoms with E-state index < -0.39 is 5.41 Å². The minimum Gasteiger partial charge on any atom is -0.360 e. The van der Waals surface area contributed by atoms with E-state index in [2.05, 4.69) is 26.4 Å². The van der Waals surface area contributed by atoms with Gasteiger partial charge in [-0.05, 0) is 44.4 Å². The van der Waals surface area contributed by atoms with Crippen molar-refractivity contribution in [3.8, 4) is 0 Å². The summed E-state index contributed by atoms with van der Waals surface area (Å²) in [6, 6.07) is 9.79. The fourth-order valence-electron chi connectivity index (χ4n) is 2.47. The number of carbonyl (C=O) groups excluding carboxylic acids is 1. The molecule has 1 saturated carbocycles. The number of amides is 1. The summed E-state index contributed by atoms with van der Waals surface area (Å²) in [5.41, 5.74) is 1.38. The maximum absolute atomic E-state index is 12.6. The summed E-state index contributed by atoms with van der Waals surface area (Å²) in [4.78, 5) is 12.6. The Balaban J connectivity index is 1.73. The molecule has 0 radical (unpaired) electrons. The molecule has 1 aromatic heterocycles. The molecule has 0 spiro atoms. The highest BCUT2D eigenvalue weighted by atomic mass is 79.9. The number of hydrogen-bond acceptors (Lipinski definition) is 3. The number of aromatic nitrogens is 1. The van der Waals surface area contributed by atoms with Gasteiger partial charge in [-0.25, -0.2) is 0 Å². The average molecular weight is 349 g/mol. The van der Waals surface area contributed by atoms with Gasteiger partial charge in [-0.3, -0.25) is 4.79 Å². The number of hydrogen-bond donors (Lipinski definition) is 1. The number of carbonyl (C=O) groups is 1. The first-order valence-electron chi connectivity index (χ1n) is 7.01. The van der Waals surface area contributed by atoms with E-state index in [9.17, 15) is 4.79 Å². The van der Waals surface area contributed by atoms with Crippen molar-refractivity contribution < 1.29 is 9.32 Å². The third-order valence-corrected chi connectivity index (χ3v) is 4.53. The van der Waals surface area contributed by atoms with Gasteiger partial charge in [-0.1, -0.05) is 33.2 Å². The fourth-order valence-corrected chi connectivity index (χ4v) is 2.73. The molecule has 110 valence electrons. The van der Waals surface area contributed by atoms with Crippen LogP contribution in [0.4, 0.5) is 0 Å². The van der Waals surface area contributed by atoms with Crippen molar-refractivity contribution in [2.45, 2.75) is 38.1 Å². The molecule has 2 aromatic rings. The van der Waals surface area contributed by atoms with Crippen molar-refractivity contribution in [2.24, 2.45) is 0 Å². The number of nitrogens with one attached hydrogen (secondary N) is 1. The van der Waals surface area contributed by atoms with E-state index in [-0.39, 0.29) is 11.9 Å². The van der Waals surface area contributed by atoms with Gasteiger partial charge < -0.3 is 9.84 Å². The molecule has 1 aliphatic rings. The molecule has 21 heavy (non-hydrogen) atoms. The normalized spacial score (nSPS) is 17.3. The molecule has 1 amide bonds. The van der Waals surface area contributed by atoms with Crippen LogP contribution in [-0.4, -0.2) is 11.1 Å². The van der Waals surface area contributed by atoms with Crippen LogP contribution in [0.1, 0.15) is 42.8 Å². The third kappa shape index (κ3) is 2.75. The Hall–Kier alpha value is -1.62. The van der Waals surface area contributed by atoms with Gasteiger partial charge in [0.2, 0.25) is 5.91 Å². The number of aryl methyl sites for hydroxylation is 1. The smallest absolute Gasteiger partial charge is 0.234 e. The molecule has 3 rings (SSSR count). The Morgan fingerprint density at radius 2 is 2.05 bits per heavy atom. The van der Waals surface area contributed by atoms with Gasteiger partial charge in [0.05, 0.1) is 11.7 Å². The van der Waals surface area contributed by atoms with Crippen LogP contribution in [0.2, 0.25) is 0 Å². The summed E-state index contributed by atoms with van der Waals surface area (Å²) in [5.74, 6) is 0.703. The van der Waals surface area contributed by atoms with Crippen molar-refractivity contribution in [1.29, 1.82) is 0 Å². The van der Waals surface area contributed by atoms with Crippen molar-refractivity contribution in [2.75, 3.05) is 0 Å². The van der Waals surface area contributed by atoms with Crippen LogP contribution in [0.3, 0.4) is 0 Å². The van der Waals surface area contributed by atoms with Crippen LogP contribution in [-0.2, 0) is 10.2 Å². The maximum atomic E-state index is 12.6. The third-order valence-electron chi connectivity index (χ3n) is 4.00. The van der Waals surface area contributed by atoms with Crippen molar-refractivity contribution in [3.05, 3.63) is 51.8 Å². The zero-order valence-electron chi connectivity index (χ0n) is 12.0. The quantitative estimate of drug-likeness (QED) is 0.917. The highest BCUT2D eigenvalue weighted by molar-refractivity contribution is 9.10. The van der Waals surface area contributed by atoms with Crippen molar-refractivity contribution >= 4 is 21.8 Å². The summed E-state index contributed by atoms with van der Waals surface area (Å²) in [6.07, 6.45) is 1.64. The summed E-state index contributed by atoms with van der Waals surface area (Å²) in [5, 5.41) is 6.98. The SMILES string of the molecule is Cc1cc(C2(C(=O)NC(C)c3ccc(Br)cc3)CC2)on1. The molecule has 1 unspecified atom stereocenters. The lowest BCUT2D eigenvalue weighted by Crippen LogP contribution is -2.36. The largest absolute Gasteiger partial charge is 0.360 e. The maximum Gasteiger partial charge on any atom is 0.234 e. The van der Waals surface area contributed by atoms with Crippen LogP contribution < -0.4 is 5.32 Å². The zero-order chi connectivity index (χ0) is 15.0. The van der Waals surface area contributed by atoms with Crippen LogP contribution >= 0.6 is 15.9 Å². The van der Waals surface area contributed by atoms with Crippen LogP contribution in [0.25, 0.3) is 0 Å². The molecular weight excluding hydrogens is 332 g/mol. The molecule has 1 aliphatic carbocycles. The van der Waals surface area contributed by atoms with E-state index in [1.54, 1.807) is 0 Å². The van der Waals surface area contributed by atoms with E-state index in [1.807, 2.05) is 44.2 Å². The van der Waals surface area contributed by atoms with E-state index in [4.69, 9.17) is 4.52 Å². The lowest BCUT2D eigenvalue weighted by Gasteiger charge is -2.18. The molecule has 1 N–H and O–H groups in total. The summed E-state index contributed by atoms with van der Waals surface area (Å²) in [7, 11) is 0. The molecule has 0 saturated heterocycles. The van der Waals surface area contributed by atoms with E-state index in [0.717, 1.165) is 28.6 Å². The second-order valence-electron chi connectivity index (χ2n) is 5.66. The Kier molecular flexibility index (Phi) is 3.61. The minimum atomic E-state index is -0.509. The molecule has 1 fully saturated rings. The van der Waals surface area contributed by atoms with Gasteiger partial charge in [-0.2, -0.15) is 0 Å². The molecule has 0 bridgehead atoms. The van der Waals surface area contributed by atoms with Gasteiger partial charge in [0.25, 0.3) is 0 Å². The standard InChI is InChI=1S/C16H17BrN2O2/c1-10-9-14(21-19-10)16(7-8-16)15(20)18-11(2)12-3-5-13(17)6-4-12/h3-6,9,11H,7-8H2,1-2H3,(H,18,20). The van der Waals surface area contributed by atoms with Crippen molar-refractivity contribution in [1.82, 2.24) is 10.5 Å². The number of benzene rings is 1.